The van der Waals surface area contributed by atoms with Crippen LogP contribution in [-0.4, -0.2) is 50.2 Å². The highest BCUT2D eigenvalue weighted by molar-refractivity contribution is 5.56. The molecular weight excluding hydrogens is 398 g/mol. The highest BCUT2D eigenvalue weighted by atomic mass is 16.5. The second-order valence-corrected chi connectivity index (χ2v) is 7.50. The summed E-state index contributed by atoms with van der Waals surface area (Å²) in [6.45, 7) is 4.14. The zero-order chi connectivity index (χ0) is 21.2. The summed E-state index contributed by atoms with van der Waals surface area (Å²) in [5.74, 6) is 2.42. The molecule has 1 saturated heterocycles. The van der Waals surface area contributed by atoms with Crippen LogP contribution in [0.4, 0.5) is 0 Å². The van der Waals surface area contributed by atoms with Crippen LogP contribution in [0.1, 0.15) is 35.9 Å². The fourth-order valence-corrected chi connectivity index (χ4v) is 3.74. The van der Waals surface area contributed by atoms with E-state index in [4.69, 9.17) is 19.0 Å². The molecule has 0 spiro atoms. The molecule has 160 valence electrons. The Morgan fingerprint density at radius 2 is 2.06 bits per heavy atom. The van der Waals surface area contributed by atoms with Crippen LogP contribution in [0.5, 0.6) is 11.6 Å². The van der Waals surface area contributed by atoms with Gasteiger partial charge in [0.05, 0.1) is 12.8 Å². The molecule has 31 heavy (non-hydrogen) atoms. The van der Waals surface area contributed by atoms with Crippen molar-refractivity contribution in [2.75, 3.05) is 20.2 Å². The lowest BCUT2D eigenvalue weighted by molar-refractivity contribution is 0.264. The molecule has 0 saturated carbocycles. The highest BCUT2D eigenvalue weighted by Crippen LogP contribution is 2.28. The summed E-state index contributed by atoms with van der Waals surface area (Å²) in [6.07, 6.45) is 2.20. The van der Waals surface area contributed by atoms with Gasteiger partial charge in [-0.25, -0.2) is 0 Å². The van der Waals surface area contributed by atoms with Crippen LogP contribution in [0.2, 0.25) is 0 Å². The van der Waals surface area contributed by atoms with Crippen molar-refractivity contribution < 1.29 is 14.0 Å². The lowest BCUT2D eigenvalue weighted by Crippen LogP contribution is -2.27. The van der Waals surface area contributed by atoms with Crippen molar-refractivity contribution in [1.82, 2.24) is 35.3 Å². The van der Waals surface area contributed by atoms with Crippen molar-refractivity contribution in [3.05, 3.63) is 47.5 Å². The molecule has 0 amide bonds. The molecular formula is C21H23N7O3. The second-order valence-electron chi connectivity index (χ2n) is 7.50. The standard InChI is InChI=1S/C21H23N7O3/c1-13-10-17(27-31-13)20-25-24-19-11-18(29-2)21(26-28(19)20)30-12-15-4-3-5-16(23-15)14-6-8-22-9-7-14/h3-5,10-11,14,22H,6-9,12H2,1-2H3. The molecule has 0 aliphatic carbocycles. The van der Waals surface area contributed by atoms with Crippen molar-refractivity contribution >= 4 is 5.65 Å². The van der Waals surface area contributed by atoms with Gasteiger partial charge in [-0.1, -0.05) is 11.2 Å². The maximum Gasteiger partial charge on any atom is 0.275 e. The summed E-state index contributed by atoms with van der Waals surface area (Å²) in [5, 5.41) is 20.3. The smallest absolute Gasteiger partial charge is 0.275 e. The van der Waals surface area contributed by atoms with Crippen molar-refractivity contribution in [3.63, 3.8) is 0 Å². The Balaban J connectivity index is 1.41. The number of rotatable bonds is 6. The maximum absolute atomic E-state index is 6.00. The van der Waals surface area contributed by atoms with Gasteiger partial charge in [0.25, 0.3) is 5.88 Å². The first-order valence-electron chi connectivity index (χ1n) is 10.2. The number of fused-ring (bicyclic) bond motifs is 1. The molecule has 0 atom stereocenters. The van der Waals surface area contributed by atoms with Crippen molar-refractivity contribution in [2.45, 2.75) is 32.3 Å². The van der Waals surface area contributed by atoms with Crippen LogP contribution in [0.3, 0.4) is 0 Å². The number of nitrogens with one attached hydrogen (secondary N) is 1. The molecule has 1 aliphatic rings. The summed E-state index contributed by atoms with van der Waals surface area (Å²) in [5.41, 5.74) is 3.02. The summed E-state index contributed by atoms with van der Waals surface area (Å²) in [6, 6.07) is 9.58. The largest absolute Gasteiger partial charge is 0.491 e. The molecule has 5 rings (SSSR count). The van der Waals surface area contributed by atoms with Crippen molar-refractivity contribution in [1.29, 1.82) is 0 Å². The van der Waals surface area contributed by atoms with Gasteiger partial charge in [-0.2, -0.15) is 4.52 Å². The number of hydrogen-bond donors (Lipinski definition) is 1. The molecule has 0 aromatic carbocycles. The third-order valence-electron chi connectivity index (χ3n) is 5.35. The summed E-state index contributed by atoms with van der Waals surface area (Å²) in [4.78, 5) is 4.81. The van der Waals surface area contributed by atoms with E-state index in [0.717, 1.165) is 37.3 Å². The van der Waals surface area contributed by atoms with Crippen LogP contribution in [0, 0.1) is 6.92 Å². The van der Waals surface area contributed by atoms with E-state index in [2.05, 4.69) is 31.8 Å². The number of hydrogen-bond acceptors (Lipinski definition) is 9. The number of piperidine rings is 1. The minimum absolute atomic E-state index is 0.272. The Bertz CT molecular complexity index is 1200. The molecule has 10 heteroatoms. The van der Waals surface area contributed by atoms with Gasteiger partial charge in [-0.15, -0.1) is 15.3 Å². The van der Waals surface area contributed by atoms with E-state index in [1.807, 2.05) is 19.1 Å². The second kappa shape index (κ2) is 8.31. The lowest BCUT2D eigenvalue weighted by Gasteiger charge is -2.22. The summed E-state index contributed by atoms with van der Waals surface area (Å²) in [7, 11) is 1.56. The van der Waals surface area contributed by atoms with Gasteiger partial charge >= 0.3 is 0 Å². The van der Waals surface area contributed by atoms with Crippen LogP contribution < -0.4 is 14.8 Å². The number of pyridine rings is 1. The molecule has 5 heterocycles. The van der Waals surface area contributed by atoms with Crippen LogP contribution >= 0.6 is 0 Å². The van der Waals surface area contributed by atoms with E-state index in [0.29, 0.717) is 40.5 Å². The third-order valence-corrected chi connectivity index (χ3v) is 5.35. The first-order valence-corrected chi connectivity index (χ1v) is 10.2. The Labute approximate surface area is 178 Å². The maximum atomic E-state index is 6.00. The number of aromatic nitrogens is 6. The van der Waals surface area contributed by atoms with Gasteiger partial charge in [-0.05, 0) is 45.0 Å². The van der Waals surface area contributed by atoms with Crippen LogP contribution in [0.25, 0.3) is 17.2 Å². The van der Waals surface area contributed by atoms with Gasteiger partial charge in [0.15, 0.2) is 17.1 Å². The molecule has 0 bridgehead atoms. The quantitative estimate of drug-likeness (QED) is 0.502. The molecule has 0 radical (unpaired) electrons. The van der Waals surface area contributed by atoms with Crippen molar-refractivity contribution in [2.24, 2.45) is 0 Å². The van der Waals surface area contributed by atoms with Crippen molar-refractivity contribution in [3.8, 4) is 23.1 Å². The molecule has 1 N–H and O–H groups in total. The number of methoxy groups -OCH3 is 1. The Hall–Kier alpha value is -3.53. The zero-order valence-electron chi connectivity index (χ0n) is 17.4. The molecule has 0 unspecified atom stereocenters. The minimum Gasteiger partial charge on any atom is -0.491 e. The van der Waals surface area contributed by atoms with E-state index < -0.39 is 0 Å². The monoisotopic (exact) mass is 421 g/mol. The molecule has 1 aliphatic heterocycles. The molecule has 4 aromatic rings. The predicted molar refractivity (Wildman–Crippen MR) is 111 cm³/mol. The van der Waals surface area contributed by atoms with Gasteiger partial charge in [0.1, 0.15) is 12.4 Å². The van der Waals surface area contributed by atoms with Gasteiger partial charge < -0.3 is 19.3 Å². The Kier molecular flexibility index (Phi) is 5.21. The summed E-state index contributed by atoms with van der Waals surface area (Å²) < 4.78 is 18.2. The predicted octanol–water partition coefficient (Wildman–Crippen LogP) is 2.54. The van der Waals surface area contributed by atoms with Gasteiger partial charge in [0.2, 0.25) is 5.82 Å². The number of nitrogens with zero attached hydrogens (tertiary/aromatic N) is 6. The van der Waals surface area contributed by atoms with E-state index in [1.54, 1.807) is 23.8 Å². The van der Waals surface area contributed by atoms with E-state index in [9.17, 15) is 0 Å². The molecule has 10 nitrogen and oxygen atoms in total. The average molecular weight is 421 g/mol. The fraction of sp³-hybridized carbons (Fsp3) is 0.381. The molecule has 4 aromatic heterocycles. The first-order chi connectivity index (χ1) is 15.2. The van der Waals surface area contributed by atoms with Gasteiger partial charge in [-0.3, -0.25) is 4.98 Å². The summed E-state index contributed by atoms with van der Waals surface area (Å²) >= 11 is 0. The van der Waals surface area contributed by atoms with Gasteiger partial charge in [0, 0.05) is 23.7 Å². The van der Waals surface area contributed by atoms with Crippen LogP contribution in [-0.2, 0) is 6.61 Å². The first kappa shape index (κ1) is 19.4. The normalized spacial score (nSPS) is 14.8. The van der Waals surface area contributed by atoms with E-state index >= 15 is 0 Å². The average Bonchev–Trinajstić information content (AvgIpc) is 3.43. The zero-order valence-corrected chi connectivity index (χ0v) is 17.4. The van der Waals surface area contributed by atoms with E-state index in [1.165, 1.54) is 0 Å². The topological polar surface area (TPSA) is 112 Å². The van der Waals surface area contributed by atoms with E-state index in [-0.39, 0.29) is 6.61 Å². The number of aryl methyl sites for hydroxylation is 1. The fourth-order valence-electron chi connectivity index (χ4n) is 3.74. The Morgan fingerprint density at radius 1 is 1.19 bits per heavy atom. The minimum atomic E-state index is 0.272. The van der Waals surface area contributed by atoms with Crippen LogP contribution in [0.15, 0.2) is 34.9 Å². The lowest BCUT2D eigenvalue weighted by atomic mass is 9.94. The molecule has 1 fully saturated rings. The Morgan fingerprint density at radius 3 is 2.84 bits per heavy atom. The third kappa shape index (κ3) is 3.93. The SMILES string of the molecule is COc1cc2nnc(-c3cc(C)on3)n2nc1OCc1cccc(C2CCNCC2)n1. The number of ether oxygens (including phenoxy) is 2. The highest BCUT2D eigenvalue weighted by Gasteiger charge is 2.19.